The lowest BCUT2D eigenvalue weighted by Gasteiger charge is -1.96. The Hall–Kier alpha value is -0.900. The molecule has 0 radical (unpaired) electrons. The van der Waals surface area contributed by atoms with E-state index in [1.807, 2.05) is 16.9 Å². The van der Waals surface area contributed by atoms with Crippen molar-refractivity contribution in [2.75, 3.05) is 0 Å². The number of rotatable bonds is 1. The van der Waals surface area contributed by atoms with Crippen LogP contribution in [0.5, 0.6) is 0 Å². The zero-order valence-electron chi connectivity index (χ0n) is 6.66. The summed E-state index contributed by atoms with van der Waals surface area (Å²) >= 11 is 3.45. The van der Waals surface area contributed by atoms with E-state index in [1.54, 1.807) is 6.20 Å². The van der Waals surface area contributed by atoms with Gasteiger partial charge in [-0.15, -0.1) is 0 Å². The third kappa shape index (κ3) is 1.03. The first kappa shape index (κ1) is 7.73. The predicted molar refractivity (Wildman–Crippen MR) is 50.9 cm³/mol. The first-order chi connectivity index (χ1) is 5.83. The monoisotopic (exact) mass is 225 g/mol. The zero-order chi connectivity index (χ0) is 8.55. The van der Waals surface area contributed by atoms with Crippen molar-refractivity contribution in [2.45, 2.75) is 13.5 Å². The third-order valence-electron chi connectivity index (χ3n) is 1.79. The zero-order valence-corrected chi connectivity index (χ0v) is 8.24. The lowest BCUT2D eigenvalue weighted by Crippen LogP contribution is -1.96. The van der Waals surface area contributed by atoms with E-state index < -0.39 is 0 Å². The van der Waals surface area contributed by atoms with Gasteiger partial charge >= 0.3 is 0 Å². The van der Waals surface area contributed by atoms with Crippen LogP contribution in [0, 0.1) is 0 Å². The number of halogens is 1. The van der Waals surface area contributed by atoms with Crippen molar-refractivity contribution in [2.24, 2.45) is 0 Å². The van der Waals surface area contributed by atoms with E-state index in [1.165, 1.54) is 0 Å². The number of fused-ring (bicyclic) bond motifs is 1. The summed E-state index contributed by atoms with van der Waals surface area (Å²) in [4.78, 5) is 4.24. The lowest BCUT2D eigenvalue weighted by atomic mass is 10.4. The Morgan fingerprint density at radius 2 is 2.42 bits per heavy atom. The highest BCUT2D eigenvalue weighted by molar-refractivity contribution is 9.10. The minimum absolute atomic E-state index is 0.854. The van der Waals surface area contributed by atoms with Gasteiger partial charge in [0.05, 0.1) is 11.6 Å². The van der Waals surface area contributed by atoms with Crippen molar-refractivity contribution in [3.63, 3.8) is 0 Å². The summed E-state index contributed by atoms with van der Waals surface area (Å²) in [5.74, 6) is 0. The molecule has 2 heterocycles. The lowest BCUT2D eigenvalue weighted by molar-refractivity contribution is 0.677. The summed E-state index contributed by atoms with van der Waals surface area (Å²) in [6.07, 6.45) is 3.61. The van der Waals surface area contributed by atoms with Crippen LogP contribution in [-0.4, -0.2) is 14.8 Å². The molecule has 0 N–H and O–H groups in total. The molecule has 0 aliphatic carbocycles. The molecule has 2 aromatic rings. The first-order valence-corrected chi connectivity index (χ1v) is 4.58. The highest BCUT2D eigenvalue weighted by atomic mass is 79.9. The van der Waals surface area contributed by atoms with Crippen LogP contribution in [-0.2, 0) is 6.54 Å². The standard InChI is InChI=1S/C8H8BrN3/c1-2-12-8-6(5-11-12)7(9)3-4-10-8/h3-5H,2H2,1H3. The van der Waals surface area contributed by atoms with E-state index in [-0.39, 0.29) is 0 Å². The molecule has 0 amide bonds. The molecule has 0 fully saturated rings. The Bertz CT molecular complexity index is 408. The van der Waals surface area contributed by atoms with E-state index >= 15 is 0 Å². The van der Waals surface area contributed by atoms with Gasteiger partial charge in [0.15, 0.2) is 5.65 Å². The van der Waals surface area contributed by atoms with Crippen LogP contribution in [0.2, 0.25) is 0 Å². The molecule has 2 rings (SSSR count). The number of aryl methyl sites for hydroxylation is 1. The number of nitrogens with zero attached hydrogens (tertiary/aromatic N) is 3. The van der Waals surface area contributed by atoms with Crippen LogP contribution >= 0.6 is 15.9 Å². The van der Waals surface area contributed by atoms with Gasteiger partial charge in [0.1, 0.15) is 0 Å². The highest BCUT2D eigenvalue weighted by Crippen LogP contribution is 2.20. The average Bonchev–Trinajstić information content (AvgIpc) is 2.49. The van der Waals surface area contributed by atoms with Gasteiger partial charge in [-0.2, -0.15) is 5.10 Å². The minimum Gasteiger partial charge on any atom is -0.248 e. The van der Waals surface area contributed by atoms with Crippen molar-refractivity contribution >= 4 is 27.0 Å². The molecule has 12 heavy (non-hydrogen) atoms. The molecule has 0 spiro atoms. The van der Waals surface area contributed by atoms with E-state index in [0.717, 1.165) is 22.1 Å². The van der Waals surface area contributed by atoms with Gasteiger partial charge in [0.2, 0.25) is 0 Å². The van der Waals surface area contributed by atoms with Crippen molar-refractivity contribution in [1.82, 2.24) is 14.8 Å². The first-order valence-electron chi connectivity index (χ1n) is 3.79. The summed E-state index contributed by atoms with van der Waals surface area (Å²) < 4.78 is 2.92. The molecule has 0 aliphatic heterocycles. The Labute approximate surface area is 78.5 Å². The van der Waals surface area contributed by atoms with Crippen LogP contribution in [0.3, 0.4) is 0 Å². The summed E-state index contributed by atoms with van der Waals surface area (Å²) in [5.41, 5.74) is 0.937. The number of hydrogen-bond acceptors (Lipinski definition) is 2. The summed E-state index contributed by atoms with van der Waals surface area (Å²) in [6.45, 7) is 2.90. The number of pyridine rings is 1. The van der Waals surface area contributed by atoms with Crippen molar-refractivity contribution in [3.05, 3.63) is 22.9 Å². The van der Waals surface area contributed by atoms with E-state index in [2.05, 4.69) is 32.9 Å². The fraction of sp³-hybridized carbons (Fsp3) is 0.250. The second kappa shape index (κ2) is 2.86. The quantitative estimate of drug-likeness (QED) is 0.746. The van der Waals surface area contributed by atoms with Gasteiger partial charge in [-0.05, 0) is 28.9 Å². The maximum atomic E-state index is 4.24. The van der Waals surface area contributed by atoms with Crippen LogP contribution in [0.1, 0.15) is 6.92 Å². The predicted octanol–water partition coefficient (Wildman–Crippen LogP) is 2.21. The Kier molecular flexibility index (Phi) is 1.84. The van der Waals surface area contributed by atoms with Crippen LogP contribution < -0.4 is 0 Å². The highest BCUT2D eigenvalue weighted by Gasteiger charge is 2.03. The second-order valence-electron chi connectivity index (χ2n) is 2.49. The Morgan fingerprint density at radius 1 is 1.58 bits per heavy atom. The van der Waals surface area contributed by atoms with Gasteiger partial charge in [0, 0.05) is 17.2 Å². The molecular formula is C8H8BrN3. The molecule has 0 bridgehead atoms. The molecule has 3 nitrogen and oxygen atoms in total. The fourth-order valence-electron chi connectivity index (χ4n) is 1.18. The van der Waals surface area contributed by atoms with E-state index in [4.69, 9.17) is 0 Å². The molecule has 0 atom stereocenters. The summed E-state index contributed by atoms with van der Waals surface area (Å²) in [7, 11) is 0. The van der Waals surface area contributed by atoms with Gasteiger partial charge < -0.3 is 0 Å². The third-order valence-corrected chi connectivity index (χ3v) is 2.48. The van der Waals surface area contributed by atoms with Crippen LogP contribution in [0.4, 0.5) is 0 Å². The summed E-state index contributed by atoms with van der Waals surface area (Å²) in [5, 5.41) is 5.27. The van der Waals surface area contributed by atoms with Crippen LogP contribution in [0.25, 0.3) is 11.0 Å². The molecule has 4 heteroatoms. The Morgan fingerprint density at radius 3 is 3.17 bits per heavy atom. The molecule has 62 valence electrons. The van der Waals surface area contributed by atoms with Gasteiger partial charge in [-0.3, -0.25) is 0 Å². The Balaban J connectivity index is 2.80. The molecule has 0 saturated carbocycles. The number of hydrogen-bond donors (Lipinski definition) is 0. The molecular weight excluding hydrogens is 218 g/mol. The maximum Gasteiger partial charge on any atom is 0.158 e. The minimum atomic E-state index is 0.854. The van der Waals surface area contributed by atoms with Gasteiger partial charge in [-0.1, -0.05) is 0 Å². The van der Waals surface area contributed by atoms with E-state index in [9.17, 15) is 0 Å². The van der Waals surface area contributed by atoms with Crippen LogP contribution in [0.15, 0.2) is 22.9 Å². The maximum absolute atomic E-state index is 4.24. The average molecular weight is 226 g/mol. The molecule has 2 aromatic heterocycles. The smallest absolute Gasteiger partial charge is 0.158 e. The van der Waals surface area contributed by atoms with E-state index in [0.29, 0.717) is 0 Å². The van der Waals surface area contributed by atoms with Crippen molar-refractivity contribution < 1.29 is 0 Å². The largest absolute Gasteiger partial charge is 0.248 e. The van der Waals surface area contributed by atoms with Crippen molar-refractivity contribution in [1.29, 1.82) is 0 Å². The molecule has 0 aliphatic rings. The normalized spacial score (nSPS) is 10.8. The topological polar surface area (TPSA) is 30.7 Å². The fourth-order valence-corrected chi connectivity index (χ4v) is 1.58. The van der Waals surface area contributed by atoms with Gasteiger partial charge in [-0.25, -0.2) is 9.67 Å². The SMILES string of the molecule is CCn1ncc2c(Br)ccnc21. The summed E-state index contributed by atoms with van der Waals surface area (Å²) in [6, 6.07) is 1.92. The van der Waals surface area contributed by atoms with Crippen molar-refractivity contribution in [3.8, 4) is 0 Å². The second-order valence-corrected chi connectivity index (χ2v) is 3.34. The molecule has 0 aromatic carbocycles. The number of aromatic nitrogens is 3. The molecule has 0 saturated heterocycles. The van der Waals surface area contributed by atoms with Gasteiger partial charge in [0.25, 0.3) is 0 Å². The molecule has 0 unspecified atom stereocenters.